The molecule has 186 valence electrons. The van der Waals surface area contributed by atoms with Crippen LogP contribution in [0.4, 0.5) is 0 Å². The lowest BCUT2D eigenvalue weighted by Crippen LogP contribution is -2.35. The van der Waals surface area contributed by atoms with Crippen LogP contribution in [0.3, 0.4) is 0 Å². The van der Waals surface area contributed by atoms with Crippen LogP contribution in [0.1, 0.15) is 57.0 Å². The highest BCUT2D eigenvalue weighted by Crippen LogP contribution is 2.37. The van der Waals surface area contributed by atoms with E-state index in [0.717, 1.165) is 77.9 Å². The molecule has 6 rings (SSSR count). The Morgan fingerprint density at radius 1 is 1.17 bits per heavy atom. The van der Waals surface area contributed by atoms with E-state index < -0.39 is 0 Å². The van der Waals surface area contributed by atoms with Crippen molar-refractivity contribution in [2.75, 3.05) is 19.8 Å². The number of ether oxygens (including phenoxy) is 1. The van der Waals surface area contributed by atoms with E-state index in [1.54, 1.807) is 6.92 Å². The van der Waals surface area contributed by atoms with Gasteiger partial charge in [-0.1, -0.05) is 18.2 Å². The van der Waals surface area contributed by atoms with Crippen molar-refractivity contribution in [1.82, 2.24) is 29.4 Å². The van der Waals surface area contributed by atoms with Gasteiger partial charge in [0.05, 0.1) is 23.6 Å². The first-order valence-electron chi connectivity index (χ1n) is 12.9. The van der Waals surface area contributed by atoms with Gasteiger partial charge in [0.25, 0.3) is 0 Å². The van der Waals surface area contributed by atoms with Crippen LogP contribution in [0.15, 0.2) is 42.9 Å². The number of hydrogen-bond donors (Lipinski definition) is 0. The summed E-state index contributed by atoms with van der Waals surface area (Å²) in [6, 6.07) is 9.11. The molecule has 8 nitrogen and oxygen atoms in total. The minimum absolute atomic E-state index is 0.108. The van der Waals surface area contributed by atoms with Crippen molar-refractivity contribution >= 4 is 16.7 Å². The Morgan fingerprint density at radius 2 is 2.00 bits per heavy atom. The molecule has 1 fully saturated rings. The van der Waals surface area contributed by atoms with Gasteiger partial charge in [-0.3, -0.25) is 19.1 Å². The van der Waals surface area contributed by atoms with Crippen molar-refractivity contribution in [3.8, 4) is 22.5 Å². The lowest BCUT2D eigenvalue weighted by atomic mass is 9.96. The van der Waals surface area contributed by atoms with Gasteiger partial charge in [-0.25, -0.2) is 0 Å². The summed E-state index contributed by atoms with van der Waals surface area (Å²) >= 11 is 0. The van der Waals surface area contributed by atoms with Crippen molar-refractivity contribution in [3.05, 3.63) is 54.1 Å². The van der Waals surface area contributed by atoms with Crippen LogP contribution in [-0.2, 0) is 22.5 Å². The molecule has 8 heteroatoms. The number of nitrogens with zero attached hydrogens (tertiary/aromatic N) is 6. The van der Waals surface area contributed by atoms with E-state index in [1.807, 2.05) is 28.2 Å². The largest absolute Gasteiger partial charge is 0.381 e. The van der Waals surface area contributed by atoms with Crippen LogP contribution >= 0.6 is 0 Å². The Morgan fingerprint density at radius 3 is 2.75 bits per heavy atom. The molecule has 36 heavy (non-hydrogen) atoms. The van der Waals surface area contributed by atoms with Crippen molar-refractivity contribution in [2.45, 2.75) is 58.7 Å². The van der Waals surface area contributed by atoms with E-state index in [0.29, 0.717) is 18.6 Å². The number of carbonyl (C=O) groups is 1. The predicted octanol–water partition coefficient (Wildman–Crippen LogP) is 4.80. The molecule has 4 aromatic rings. The van der Waals surface area contributed by atoms with Gasteiger partial charge in [-0.2, -0.15) is 10.2 Å². The molecular weight excluding hydrogens is 452 g/mol. The van der Waals surface area contributed by atoms with Gasteiger partial charge in [-0.15, -0.1) is 0 Å². The number of hydrogen-bond acceptors (Lipinski definition) is 5. The van der Waals surface area contributed by atoms with Crippen molar-refractivity contribution in [2.24, 2.45) is 0 Å². The smallest absolute Gasteiger partial charge is 0.219 e. The lowest BCUT2D eigenvalue weighted by Gasteiger charge is -2.29. The summed E-state index contributed by atoms with van der Waals surface area (Å²) in [5.41, 5.74) is 6.38. The minimum Gasteiger partial charge on any atom is -0.381 e. The van der Waals surface area contributed by atoms with E-state index in [1.165, 1.54) is 5.69 Å². The SMILES string of the molecule is CC(=O)N1CCc2c(c(-c3cccc4cc(-c5cnn(C(C)C)c5)ncc34)nn2C2CCOCC2)C1. The topological polar surface area (TPSA) is 78.1 Å². The molecule has 1 aromatic carbocycles. The van der Waals surface area contributed by atoms with Gasteiger partial charge >= 0.3 is 0 Å². The number of fused-ring (bicyclic) bond motifs is 2. The first-order chi connectivity index (χ1) is 17.5. The predicted molar refractivity (Wildman–Crippen MR) is 138 cm³/mol. The fourth-order valence-corrected chi connectivity index (χ4v) is 5.45. The average molecular weight is 485 g/mol. The molecular formula is C28H32N6O2. The molecule has 0 aliphatic carbocycles. The minimum atomic E-state index is 0.108. The molecule has 5 heterocycles. The van der Waals surface area contributed by atoms with E-state index in [4.69, 9.17) is 14.8 Å². The fourth-order valence-electron chi connectivity index (χ4n) is 5.45. The molecule has 2 aliphatic heterocycles. The second-order valence-corrected chi connectivity index (χ2v) is 10.2. The van der Waals surface area contributed by atoms with Gasteiger partial charge < -0.3 is 9.64 Å². The molecule has 2 aliphatic rings. The monoisotopic (exact) mass is 484 g/mol. The molecule has 0 radical (unpaired) electrons. The van der Waals surface area contributed by atoms with Crippen LogP contribution < -0.4 is 0 Å². The molecule has 3 aromatic heterocycles. The third-order valence-electron chi connectivity index (χ3n) is 7.51. The van der Waals surface area contributed by atoms with Crippen LogP contribution in [0.5, 0.6) is 0 Å². The van der Waals surface area contributed by atoms with Crippen LogP contribution in [0.25, 0.3) is 33.3 Å². The second kappa shape index (κ2) is 9.17. The zero-order chi connectivity index (χ0) is 24.8. The Hall–Kier alpha value is -3.52. The third-order valence-corrected chi connectivity index (χ3v) is 7.51. The summed E-state index contributed by atoms with van der Waals surface area (Å²) < 4.78 is 9.81. The molecule has 0 spiro atoms. The van der Waals surface area contributed by atoms with Crippen LogP contribution in [-0.4, -0.2) is 55.1 Å². The van der Waals surface area contributed by atoms with Crippen molar-refractivity contribution < 1.29 is 9.53 Å². The quantitative estimate of drug-likeness (QED) is 0.416. The first-order valence-corrected chi connectivity index (χ1v) is 12.9. The van der Waals surface area contributed by atoms with Crippen LogP contribution in [0.2, 0.25) is 0 Å². The van der Waals surface area contributed by atoms with Crippen molar-refractivity contribution in [3.63, 3.8) is 0 Å². The number of benzene rings is 1. The molecule has 0 atom stereocenters. The average Bonchev–Trinajstić information content (AvgIpc) is 3.54. The summed E-state index contributed by atoms with van der Waals surface area (Å²) in [6.07, 6.45) is 8.64. The maximum absolute atomic E-state index is 12.3. The maximum Gasteiger partial charge on any atom is 0.219 e. The summed E-state index contributed by atoms with van der Waals surface area (Å²) in [4.78, 5) is 19.0. The Kier molecular flexibility index (Phi) is 5.84. The highest BCUT2D eigenvalue weighted by atomic mass is 16.5. The number of pyridine rings is 1. The van der Waals surface area contributed by atoms with Crippen LogP contribution in [0, 0.1) is 0 Å². The summed E-state index contributed by atoms with van der Waals surface area (Å²) in [6.45, 7) is 8.75. The Bertz CT molecular complexity index is 1430. The van der Waals surface area contributed by atoms with Gasteiger partial charge in [0, 0.05) is 85.9 Å². The zero-order valence-electron chi connectivity index (χ0n) is 21.1. The van der Waals surface area contributed by atoms with Gasteiger partial charge in [-0.05, 0) is 38.1 Å². The van der Waals surface area contributed by atoms with Crippen molar-refractivity contribution in [1.29, 1.82) is 0 Å². The summed E-state index contributed by atoms with van der Waals surface area (Å²) in [7, 11) is 0. The molecule has 0 N–H and O–H groups in total. The lowest BCUT2D eigenvalue weighted by molar-refractivity contribution is -0.129. The molecule has 0 bridgehead atoms. The number of aromatic nitrogens is 5. The molecule has 1 saturated heterocycles. The number of carbonyl (C=O) groups excluding carboxylic acids is 1. The van der Waals surface area contributed by atoms with E-state index in [9.17, 15) is 4.79 Å². The highest BCUT2D eigenvalue weighted by molar-refractivity contribution is 5.97. The van der Waals surface area contributed by atoms with Gasteiger partial charge in [0.15, 0.2) is 0 Å². The van der Waals surface area contributed by atoms with Gasteiger partial charge in [0.1, 0.15) is 0 Å². The van der Waals surface area contributed by atoms with E-state index in [-0.39, 0.29) is 5.91 Å². The zero-order valence-corrected chi connectivity index (χ0v) is 21.1. The molecule has 0 saturated carbocycles. The first kappa shape index (κ1) is 22.9. The number of amides is 1. The standard InChI is InChI=1S/C28H32N6O2/c1-18(2)33-16-21(14-30-33)26-13-20-5-4-6-23(24(20)15-29-26)28-25-17-32(19(3)35)10-7-27(25)34(31-28)22-8-11-36-12-9-22/h4-6,13-16,18,22H,7-12,17H2,1-3H3. The molecule has 1 amide bonds. The maximum atomic E-state index is 12.3. The van der Waals surface area contributed by atoms with Gasteiger partial charge in [0.2, 0.25) is 5.91 Å². The normalized spacial score (nSPS) is 16.6. The summed E-state index contributed by atoms with van der Waals surface area (Å²) in [5, 5.41) is 11.9. The van der Waals surface area contributed by atoms with E-state index in [2.05, 4.69) is 47.9 Å². The Balaban J connectivity index is 1.46. The Labute approximate surface area is 210 Å². The number of rotatable bonds is 4. The highest BCUT2D eigenvalue weighted by Gasteiger charge is 2.30. The van der Waals surface area contributed by atoms with E-state index >= 15 is 0 Å². The second-order valence-electron chi connectivity index (χ2n) is 10.2. The molecule has 0 unspecified atom stereocenters. The summed E-state index contributed by atoms with van der Waals surface area (Å²) in [5.74, 6) is 0.108. The third kappa shape index (κ3) is 3.99. The fraction of sp³-hybridized carbons (Fsp3) is 0.429.